The molecular formula is C16H31N. The van der Waals surface area contributed by atoms with Crippen molar-refractivity contribution in [1.29, 1.82) is 0 Å². The van der Waals surface area contributed by atoms with Gasteiger partial charge >= 0.3 is 0 Å². The Bertz CT molecular complexity index is 208. The lowest BCUT2D eigenvalue weighted by molar-refractivity contribution is 0.124. The van der Waals surface area contributed by atoms with Crippen LogP contribution in [0.3, 0.4) is 0 Å². The topological polar surface area (TPSA) is 12.0 Å². The maximum atomic E-state index is 3.71. The molecule has 2 fully saturated rings. The van der Waals surface area contributed by atoms with Gasteiger partial charge in [0, 0.05) is 6.04 Å². The van der Waals surface area contributed by atoms with E-state index in [0.717, 1.165) is 23.8 Å². The Morgan fingerprint density at radius 3 is 2.24 bits per heavy atom. The van der Waals surface area contributed by atoms with Crippen molar-refractivity contribution >= 4 is 0 Å². The van der Waals surface area contributed by atoms with Gasteiger partial charge in [0.15, 0.2) is 0 Å². The van der Waals surface area contributed by atoms with Crippen molar-refractivity contribution in [3.05, 3.63) is 0 Å². The van der Waals surface area contributed by atoms with Crippen LogP contribution in [0.5, 0.6) is 0 Å². The molecule has 0 aromatic rings. The van der Waals surface area contributed by atoms with Crippen LogP contribution >= 0.6 is 0 Å². The highest BCUT2D eigenvalue weighted by Gasteiger charge is 2.34. The van der Waals surface area contributed by atoms with Crippen molar-refractivity contribution < 1.29 is 0 Å². The third kappa shape index (κ3) is 3.24. The summed E-state index contributed by atoms with van der Waals surface area (Å²) in [5.74, 6) is 2.95. The summed E-state index contributed by atoms with van der Waals surface area (Å²) in [4.78, 5) is 0. The fourth-order valence-corrected chi connectivity index (χ4v) is 4.51. The minimum atomic E-state index is 0.820. The molecule has 100 valence electrons. The van der Waals surface area contributed by atoms with Crippen LogP contribution in [0.1, 0.15) is 71.1 Å². The van der Waals surface area contributed by atoms with Gasteiger partial charge in [-0.1, -0.05) is 51.9 Å². The molecule has 0 amide bonds. The molecule has 3 atom stereocenters. The van der Waals surface area contributed by atoms with Crippen molar-refractivity contribution in [2.75, 3.05) is 7.05 Å². The minimum Gasteiger partial charge on any atom is -0.316 e. The molecule has 1 heteroatoms. The van der Waals surface area contributed by atoms with Gasteiger partial charge in [0.25, 0.3) is 0 Å². The van der Waals surface area contributed by atoms with E-state index in [2.05, 4.69) is 19.3 Å². The molecule has 2 aliphatic carbocycles. The third-order valence-electron chi connectivity index (χ3n) is 5.44. The molecule has 1 nitrogen and oxygen atoms in total. The van der Waals surface area contributed by atoms with E-state index in [0.29, 0.717) is 0 Å². The Labute approximate surface area is 108 Å². The molecule has 0 aliphatic heterocycles. The molecule has 0 aromatic carbocycles. The first-order valence-corrected chi connectivity index (χ1v) is 8.04. The van der Waals surface area contributed by atoms with Gasteiger partial charge < -0.3 is 5.32 Å². The summed E-state index contributed by atoms with van der Waals surface area (Å²) in [6, 6.07) is 0.820. The Morgan fingerprint density at radius 1 is 0.941 bits per heavy atom. The molecule has 0 bridgehead atoms. The van der Waals surface area contributed by atoms with E-state index in [1.54, 1.807) is 0 Å². The van der Waals surface area contributed by atoms with Crippen molar-refractivity contribution in [3.63, 3.8) is 0 Å². The molecule has 0 aromatic heterocycles. The zero-order valence-corrected chi connectivity index (χ0v) is 11.9. The third-order valence-corrected chi connectivity index (χ3v) is 5.44. The molecule has 0 heterocycles. The van der Waals surface area contributed by atoms with Crippen LogP contribution in [0.2, 0.25) is 0 Å². The summed E-state index contributed by atoms with van der Waals surface area (Å²) in [6.45, 7) is 2.40. The average Bonchev–Trinajstić information content (AvgIpc) is 2.41. The van der Waals surface area contributed by atoms with Gasteiger partial charge in [0.05, 0.1) is 0 Å². The largest absolute Gasteiger partial charge is 0.316 e. The predicted molar refractivity (Wildman–Crippen MR) is 75.2 cm³/mol. The van der Waals surface area contributed by atoms with Crippen LogP contribution in [0.25, 0.3) is 0 Å². The molecule has 17 heavy (non-hydrogen) atoms. The summed E-state index contributed by atoms with van der Waals surface area (Å²) >= 11 is 0. The minimum absolute atomic E-state index is 0.820. The van der Waals surface area contributed by atoms with Crippen LogP contribution in [-0.4, -0.2) is 13.1 Å². The van der Waals surface area contributed by atoms with Crippen molar-refractivity contribution in [3.8, 4) is 0 Å². The first-order chi connectivity index (χ1) is 8.36. The fraction of sp³-hybridized carbons (Fsp3) is 1.00. The molecule has 2 rings (SSSR count). The van der Waals surface area contributed by atoms with Gasteiger partial charge in [0.1, 0.15) is 0 Å². The normalized spacial score (nSPS) is 33.5. The van der Waals surface area contributed by atoms with Crippen LogP contribution in [0.15, 0.2) is 0 Å². The highest BCUT2D eigenvalue weighted by Crippen LogP contribution is 2.39. The highest BCUT2D eigenvalue weighted by atomic mass is 14.9. The van der Waals surface area contributed by atoms with Crippen molar-refractivity contribution in [1.82, 2.24) is 5.32 Å². The summed E-state index contributed by atoms with van der Waals surface area (Å²) in [5, 5.41) is 3.71. The number of rotatable bonds is 4. The van der Waals surface area contributed by atoms with Crippen LogP contribution in [0.4, 0.5) is 0 Å². The second kappa shape index (κ2) is 6.78. The quantitative estimate of drug-likeness (QED) is 0.765. The van der Waals surface area contributed by atoms with E-state index in [9.17, 15) is 0 Å². The van der Waals surface area contributed by atoms with Crippen LogP contribution in [-0.2, 0) is 0 Å². The summed E-state index contributed by atoms with van der Waals surface area (Å²) in [5.41, 5.74) is 0. The van der Waals surface area contributed by atoms with E-state index < -0.39 is 0 Å². The number of hydrogen-bond acceptors (Lipinski definition) is 1. The lowest BCUT2D eigenvalue weighted by atomic mass is 9.68. The van der Waals surface area contributed by atoms with E-state index in [1.807, 2.05) is 0 Å². The average molecular weight is 237 g/mol. The maximum Gasteiger partial charge on any atom is 0.0123 e. The van der Waals surface area contributed by atoms with E-state index >= 15 is 0 Å². The first kappa shape index (κ1) is 13.4. The first-order valence-electron chi connectivity index (χ1n) is 8.04. The Hall–Kier alpha value is -0.0400. The van der Waals surface area contributed by atoms with Crippen LogP contribution < -0.4 is 5.32 Å². The van der Waals surface area contributed by atoms with Gasteiger partial charge in [-0.25, -0.2) is 0 Å². The zero-order valence-electron chi connectivity index (χ0n) is 11.9. The molecule has 0 radical (unpaired) electrons. The van der Waals surface area contributed by atoms with E-state index in [4.69, 9.17) is 0 Å². The van der Waals surface area contributed by atoms with Gasteiger partial charge in [-0.2, -0.15) is 0 Å². The molecular weight excluding hydrogens is 206 g/mol. The molecule has 2 aliphatic rings. The van der Waals surface area contributed by atoms with E-state index in [1.165, 1.54) is 64.2 Å². The van der Waals surface area contributed by atoms with Crippen molar-refractivity contribution in [2.24, 2.45) is 17.8 Å². The molecule has 1 N–H and O–H groups in total. The monoisotopic (exact) mass is 237 g/mol. The number of hydrogen-bond donors (Lipinski definition) is 1. The van der Waals surface area contributed by atoms with Gasteiger partial charge in [0.2, 0.25) is 0 Å². The van der Waals surface area contributed by atoms with Gasteiger partial charge in [-0.15, -0.1) is 0 Å². The van der Waals surface area contributed by atoms with Gasteiger partial charge in [-0.05, 0) is 44.1 Å². The van der Waals surface area contributed by atoms with Gasteiger partial charge in [-0.3, -0.25) is 0 Å². The fourth-order valence-electron chi connectivity index (χ4n) is 4.51. The highest BCUT2D eigenvalue weighted by molar-refractivity contribution is 4.89. The number of nitrogens with one attached hydrogen (secondary N) is 1. The molecule has 0 spiro atoms. The smallest absolute Gasteiger partial charge is 0.0123 e. The standard InChI is InChI=1S/C16H31N/c1-3-13-9-7-8-12-15(13)16(17-2)14-10-5-4-6-11-14/h13-17H,3-12H2,1-2H3. The molecule has 2 saturated carbocycles. The summed E-state index contributed by atoms with van der Waals surface area (Å²) < 4.78 is 0. The van der Waals surface area contributed by atoms with Crippen molar-refractivity contribution in [2.45, 2.75) is 77.2 Å². The predicted octanol–water partition coefficient (Wildman–Crippen LogP) is 4.37. The Balaban J connectivity index is 1.99. The molecule has 0 saturated heterocycles. The maximum absolute atomic E-state index is 3.71. The summed E-state index contributed by atoms with van der Waals surface area (Å²) in [7, 11) is 2.21. The second-order valence-corrected chi connectivity index (χ2v) is 6.33. The van der Waals surface area contributed by atoms with E-state index in [-0.39, 0.29) is 0 Å². The lowest BCUT2D eigenvalue weighted by Crippen LogP contribution is -2.45. The Kier molecular flexibility index (Phi) is 5.34. The van der Waals surface area contributed by atoms with Crippen LogP contribution in [0, 0.1) is 17.8 Å². The summed E-state index contributed by atoms with van der Waals surface area (Å²) in [6.07, 6.45) is 14.7. The Morgan fingerprint density at radius 2 is 1.59 bits per heavy atom. The lowest BCUT2D eigenvalue weighted by Gasteiger charge is -2.42. The SMILES string of the molecule is CCC1CCCCC1C(NC)C1CCCCC1. The zero-order chi connectivity index (χ0) is 12.1. The second-order valence-electron chi connectivity index (χ2n) is 6.33. The molecule has 3 unspecified atom stereocenters.